The summed E-state index contributed by atoms with van der Waals surface area (Å²) in [5.74, 6) is 0.773. The zero-order chi connectivity index (χ0) is 19.2. The van der Waals surface area contributed by atoms with Crippen molar-refractivity contribution in [3.05, 3.63) is 47.9 Å². The van der Waals surface area contributed by atoms with Gasteiger partial charge in [0.1, 0.15) is 0 Å². The summed E-state index contributed by atoms with van der Waals surface area (Å²) in [7, 11) is 0. The molecule has 1 aromatic heterocycles. The van der Waals surface area contributed by atoms with E-state index in [0.717, 1.165) is 5.56 Å². The minimum absolute atomic E-state index is 0.113. The van der Waals surface area contributed by atoms with Crippen LogP contribution in [0.25, 0.3) is 11.4 Å². The van der Waals surface area contributed by atoms with Crippen LogP contribution >= 0.6 is 0 Å². The van der Waals surface area contributed by atoms with E-state index >= 15 is 0 Å². The molecule has 0 saturated heterocycles. The van der Waals surface area contributed by atoms with Crippen molar-refractivity contribution in [1.29, 1.82) is 0 Å². The Morgan fingerprint density at radius 3 is 2.58 bits per heavy atom. The number of halogens is 3. The topological polar surface area (TPSA) is 59.2 Å². The Labute approximate surface area is 148 Å². The van der Waals surface area contributed by atoms with Crippen LogP contribution in [0.15, 0.2) is 40.9 Å². The molecule has 0 fully saturated rings. The Morgan fingerprint density at radius 1 is 1.35 bits per heavy atom. The fourth-order valence-corrected chi connectivity index (χ4v) is 2.13. The molecule has 1 amide bonds. The Hall–Kier alpha value is -3.08. The first-order chi connectivity index (χ1) is 12.3. The van der Waals surface area contributed by atoms with Gasteiger partial charge in [0.15, 0.2) is 0 Å². The van der Waals surface area contributed by atoms with Crippen LogP contribution in [-0.2, 0) is 17.5 Å². The molecule has 0 bridgehead atoms. The number of hydrogen-bond acceptors (Lipinski definition) is 4. The summed E-state index contributed by atoms with van der Waals surface area (Å²) >= 11 is 0. The zero-order valence-corrected chi connectivity index (χ0v) is 14.0. The van der Waals surface area contributed by atoms with Crippen molar-refractivity contribution in [3.63, 3.8) is 0 Å². The minimum atomic E-state index is -4.69. The van der Waals surface area contributed by atoms with E-state index in [1.54, 1.807) is 36.4 Å². The number of amides is 1. The number of hydrogen-bond donors (Lipinski definition) is 0. The van der Waals surface area contributed by atoms with E-state index in [-0.39, 0.29) is 24.7 Å². The van der Waals surface area contributed by atoms with E-state index < -0.39 is 12.1 Å². The molecule has 136 valence electrons. The second kappa shape index (κ2) is 8.34. The van der Waals surface area contributed by atoms with Crippen LogP contribution in [-0.4, -0.2) is 27.5 Å². The zero-order valence-electron chi connectivity index (χ0n) is 14.0. The third-order valence-electron chi connectivity index (χ3n) is 3.42. The number of nitrogens with zero attached hydrogens (tertiary/aromatic N) is 3. The number of rotatable bonds is 6. The monoisotopic (exact) mass is 363 g/mol. The normalized spacial score (nSPS) is 11.5. The molecule has 0 spiro atoms. The molecule has 0 aliphatic heterocycles. The van der Waals surface area contributed by atoms with Crippen LogP contribution in [0.3, 0.4) is 0 Å². The summed E-state index contributed by atoms with van der Waals surface area (Å²) in [6, 6.07) is 6.46. The summed E-state index contributed by atoms with van der Waals surface area (Å²) in [4.78, 5) is 17.0. The van der Waals surface area contributed by atoms with Gasteiger partial charge in [0, 0.05) is 18.5 Å². The molecule has 0 radical (unpaired) electrons. The van der Waals surface area contributed by atoms with Crippen LogP contribution in [0.4, 0.5) is 13.2 Å². The molecule has 1 aromatic carbocycles. The molecule has 0 atom stereocenters. The van der Waals surface area contributed by atoms with Gasteiger partial charge >= 0.3 is 12.1 Å². The second-order valence-electron chi connectivity index (χ2n) is 5.34. The molecule has 2 rings (SSSR count). The maximum Gasteiger partial charge on any atom is 0.471 e. The average molecular weight is 363 g/mol. The van der Waals surface area contributed by atoms with Gasteiger partial charge < -0.3 is 9.42 Å². The van der Waals surface area contributed by atoms with E-state index in [1.165, 1.54) is 4.90 Å². The van der Waals surface area contributed by atoms with Gasteiger partial charge in [-0.3, -0.25) is 4.79 Å². The highest BCUT2D eigenvalue weighted by molar-refractivity contribution is 5.78. The van der Waals surface area contributed by atoms with Gasteiger partial charge in [-0.2, -0.15) is 18.2 Å². The summed E-state index contributed by atoms with van der Waals surface area (Å²) in [5, 5.41) is 3.33. The third-order valence-corrected chi connectivity index (χ3v) is 3.42. The van der Waals surface area contributed by atoms with Gasteiger partial charge in [-0.1, -0.05) is 47.5 Å². The van der Waals surface area contributed by atoms with Crippen molar-refractivity contribution in [2.24, 2.45) is 0 Å². The van der Waals surface area contributed by atoms with Crippen LogP contribution < -0.4 is 0 Å². The fourth-order valence-electron chi connectivity index (χ4n) is 2.13. The van der Waals surface area contributed by atoms with Gasteiger partial charge in [0.25, 0.3) is 0 Å². The maximum absolute atomic E-state index is 12.5. The summed E-state index contributed by atoms with van der Waals surface area (Å²) < 4.78 is 41.7. The highest BCUT2D eigenvalue weighted by Gasteiger charge is 2.38. The summed E-state index contributed by atoms with van der Waals surface area (Å²) in [5.41, 5.74) is 1.15. The van der Waals surface area contributed by atoms with Gasteiger partial charge in [-0.05, 0) is 12.5 Å². The molecular formula is C18H16F3N3O2. The van der Waals surface area contributed by atoms with Gasteiger partial charge in [0.2, 0.25) is 11.7 Å². The molecule has 0 N–H and O–H groups in total. The molecule has 0 unspecified atom stereocenters. The number of aromatic nitrogens is 2. The summed E-state index contributed by atoms with van der Waals surface area (Å²) in [6.45, 7) is 2.28. The van der Waals surface area contributed by atoms with Crippen LogP contribution in [0, 0.1) is 12.3 Å². The van der Waals surface area contributed by atoms with Crippen molar-refractivity contribution in [1.82, 2.24) is 15.0 Å². The number of carbonyl (C=O) groups excluding carboxylic acids is 1. The predicted octanol–water partition coefficient (Wildman–Crippen LogP) is 3.68. The van der Waals surface area contributed by atoms with E-state index in [1.807, 2.05) is 6.92 Å². The SMILES string of the molecule is C#CCN(Cc1ccc(-c2noc(C(F)(F)F)n2)cc1)C(=O)CC=CC. The van der Waals surface area contributed by atoms with Crippen LogP contribution in [0.5, 0.6) is 0 Å². The highest BCUT2D eigenvalue weighted by Crippen LogP contribution is 2.29. The number of alkyl halides is 3. The molecule has 1 heterocycles. The Balaban J connectivity index is 2.11. The third kappa shape index (κ3) is 4.96. The lowest BCUT2D eigenvalue weighted by atomic mass is 10.1. The van der Waals surface area contributed by atoms with E-state index in [2.05, 4.69) is 20.6 Å². The lowest BCUT2D eigenvalue weighted by Gasteiger charge is -2.19. The highest BCUT2D eigenvalue weighted by atomic mass is 19.4. The molecule has 0 aliphatic carbocycles. The standard InChI is InChI=1S/C18H16F3N3O2/c1-3-5-6-15(25)24(11-4-2)12-13-7-9-14(10-8-13)16-22-17(26-23-16)18(19,20)21/h2-3,5,7-10H,6,11-12H2,1H3. The molecule has 26 heavy (non-hydrogen) atoms. The Kier molecular flexibility index (Phi) is 6.17. The number of benzene rings is 1. The van der Waals surface area contributed by atoms with Gasteiger partial charge in [0.05, 0.1) is 6.54 Å². The lowest BCUT2D eigenvalue weighted by molar-refractivity contribution is -0.159. The van der Waals surface area contributed by atoms with Crippen molar-refractivity contribution in [2.45, 2.75) is 26.1 Å². The Bertz CT molecular complexity index is 817. The van der Waals surface area contributed by atoms with Crippen molar-refractivity contribution < 1.29 is 22.5 Å². The van der Waals surface area contributed by atoms with Crippen molar-refractivity contribution in [3.8, 4) is 23.7 Å². The number of terminal acetylenes is 1. The first-order valence-electron chi connectivity index (χ1n) is 7.67. The van der Waals surface area contributed by atoms with Crippen molar-refractivity contribution >= 4 is 5.91 Å². The van der Waals surface area contributed by atoms with Gasteiger partial charge in [-0.15, -0.1) is 6.42 Å². The van der Waals surface area contributed by atoms with E-state index in [0.29, 0.717) is 12.1 Å². The molecule has 0 saturated carbocycles. The van der Waals surface area contributed by atoms with Crippen LogP contribution in [0.2, 0.25) is 0 Å². The van der Waals surface area contributed by atoms with E-state index in [9.17, 15) is 18.0 Å². The first-order valence-corrected chi connectivity index (χ1v) is 7.67. The molecule has 8 heteroatoms. The number of allylic oxidation sites excluding steroid dienone is 1. The minimum Gasteiger partial charge on any atom is -0.329 e. The van der Waals surface area contributed by atoms with Crippen molar-refractivity contribution in [2.75, 3.05) is 6.54 Å². The first kappa shape index (κ1) is 19.2. The fraction of sp³-hybridized carbons (Fsp3) is 0.278. The molecule has 5 nitrogen and oxygen atoms in total. The van der Waals surface area contributed by atoms with Crippen LogP contribution in [0.1, 0.15) is 24.8 Å². The van der Waals surface area contributed by atoms with E-state index in [4.69, 9.17) is 6.42 Å². The molecule has 0 aliphatic rings. The Morgan fingerprint density at radius 2 is 2.04 bits per heavy atom. The molecule has 2 aromatic rings. The predicted molar refractivity (Wildman–Crippen MR) is 88.4 cm³/mol. The van der Waals surface area contributed by atoms with Gasteiger partial charge in [-0.25, -0.2) is 0 Å². The average Bonchev–Trinajstić information content (AvgIpc) is 3.10. The molecular weight excluding hydrogens is 347 g/mol. The number of carbonyl (C=O) groups is 1. The second-order valence-corrected chi connectivity index (χ2v) is 5.34. The maximum atomic E-state index is 12.5. The summed E-state index contributed by atoms with van der Waals surface area (Å²) in [6.07, 6.45) is 4.39. The quantitative estimate of drug-likeness (QED) is 0.580. The largest absolute Gasteiger partial charge is 0.471 e. The lowest BCUT2D eigenvalue weighted by Crippen LogP contribution is -2.30. The smallest absolute Gasteiger partial charge is 0.329 e.